The lowest BCUT2D eigenvalue weighted by molar-refractivity contribution is 0.0697. The normalized spacial score (nSPS) is 11.4. The minimum Gasteiger partial charge on any atom is -0.478 e. The monoisotopic (exact) mass is 465 g/mol. The van der Waals surface area contributed by atoms with Crippen LogP contribution in [0.5, 0.6) is 0 Å². The van der Waals surface area contributed by atoms with Crippen LogP contribution < -0.4 is 4.31 Å². The summed E-state index contributed by atoms with van der Waals surface area (Å²) < 4.78 is 29.1. The summed E-state index contributed by atoms with van der Waals surface area (Å²) in [5.74, 6) is -0.949. The second-order valence-electron chi connectivity index (χ2n) is 8.33. The van der Waals surface area contributed by atoms with Crippen LogP contribution in [0.3, 0.4) is 0 Å². The first-order valence-corrected chi connectivity index (χ1v) is 12.7. The molecule has 0 unspecified atom stereocenters. The lowest BCUT2D eigenvalue weighted by Crippen LogP contribution is -2.33. The van der Waals surface area contributed by atoms with Crippen molar-refractivity contribution in [1.82, 2.24) is 0 Å². The first kappa shape index (κ1) is 24.5. The minimum atomic E-state index is -3.73. The fraction of sp³-hybridized carbons (Fsp3) is 0.296. The maximum absolute atomic E-state index is 13.8. The number of rotatable bonds is 10. The van der Waals surface area contributed by atoms with Gasteiger partial charge in [-0.25, -0.2) is 13.2 Å². The minimum absolute atomic E-state index is 0.254. The Balaban J connectivity index is 1.94. The van der Waals surface area contributed by atoms with E-state index >= 15 is 0 Å². The first-order valence-electron chi connectivity index (χ1n) is 11.2. The predicted molar refractivity (Wildman–Crippen MR) is 133 cm³/mol. The highest BCUT2D eigenvalue weighted by atomic mass is 32.2. The molecule has 3 aromatic rings. The van der Waals surface area contributed by atoms with E-state index in [0.29, 0.717) is 30.0 Å². The molecule has 1 N–H and O–H groups in total. The number of sulfonamides is 1. The standard InChI is InChI=1S/C27H31NO4S/c1-4-5-18-28(33(31,32)26-17-10-20(2)19-21(26)3)25-9-7-6-8-23(25)14-11-22-12-15-24(16-13-22)27(29)30/h6-10,12-13,15-17,19H,4-5,11,14,18H2,1-3H3,(H,29,30). The number of hydrogen-bond acceptors (Lipinski definition) is 3. The molecule has 0 radical (unpaired) electrons. The lowest BCUT2D eigenvalue weighted by atomic mass is 10.0. The summed E-state index contributed by atoms with van der Waals surface area (Å²) >= 11 is 0. The van der Waals surface area contributed by atoms with Gasteiger partial charge in [-0.05, 0) is 74.1 Å². The van der Waals surface area contributed by atoms with E-state index in [1.165, 1.54) is 0 Å². The van der Waals surface area contributed by atoms with Gasteiger partial charge < -0.3 is 5.11 Å². The summed E-state index contributed by atoms with van der Waals surface area (Å²) in [7, 11) is -3.73. The molecule has 0 atom stereocenters. The van der Waals surface area contributed by atoms with E-state index < -0.39 is 16.0 Å². The van der Waals surface area contributed by atoms with E-state index in [9.17, 15) is 13.2 Å². The molecular formula is C27H31NO4S. The maximum Gasteiger partial charge on any atom is 0.335 e. The number of benzene rings is 3. The van der Waals surface area contributed by atoms with Crippen molar-refractivity contribution >= 4 is 21.7 Å². The van der Waals surface area contributed by atoms with E-state index in [0.717, 1.165) is 35.1 Å². The van der Waals surface area contributed by atoms with Gasteiger partial charge in [-0.1, -0.05) is 61.4 Å². The number of aromatic carboxylic acids is 1. The van der Waals surface area contributed by atoms with E-state index in [4.69, 9.17) is 5.11 Å². The smallest absolute Gasteiger partial charge is 0.335 e. The quantitative estimate of drug-likeness (QED) is 0.412. The van der Waals surface area contributed by atoms with Gasteiger partial charge >= 0.3 is 5.97 Å². The number of carboxylic acid groups (broad SMARTS) is 1. The van der Waals surface area contributed by atoms with Crippen molar-refractivity contribution < 1.29 is 18.3 Å². The molecule has 0 heterocycles. The summed E-state index contributed by atoms with van der Waals surface area (Å²) in [6.07, 6.45) is 2.97. The molecule has 3 aromatic carbocycles. The number of anilines is 1. The average molecular weight is 466 g/mol. The van der Waals surface area contributed by atoms with Gasteiger partial charge in [-0.15, -0.1) is 0 Å². The molecule has 0 fully saturated rings. The van der Waals surface area contributed by atoms with Crippen LogP contribution in [0.25, 0.3) is 0 Å². The van der Waals surface area contributed by atoms with Crippen LogP contribution in [-0.2, 0) is 22.9 Å². The summed E-state index contributed by atoms with van der Waals surface area (Å²) in [6, 6.07) is 19.9. The number of carboxylic acids is 1. The van der Waals surface area contributed by atoms with Crippen molar-refractivity contribution in [2.75, 3.05) is 10.8 Å². The summed E-state index contributed by atoms with van der Waals surface area (Å²) in [4.78, 5) is 11.4. The van der Waals surface area contributed by atoms with E-state index in [-0.39, 0.29) is 5.56 Å². The zero-order chi connectivity index (χ0) is 24.0. The molecule has 174 valence electrons. The van der Waals surface area contributed by atoms with Crippen LogP contribution in [0.2, 0.25) is 0 Å². The molecule has 3 rings (SSSR count). The van der Waals surface area contributed by atoms with Crippen molar-refractivity contribution in [2.45, 2.75) is 51.3 Å². The molecule has 0 saturated heterocycles. The van der Waals surface area contributed by atoms with Gasteiger partial charge in [0.2, 0.25) is 0 Å². The van der Waals surface area contributed by atoms with E-state index in [1.54, 1.807) is 22.5 Å². The molecule has 33 heavy (non-hydrogen) atoms. The fourth-order valence-electron chi connectivity index (χ4n) is 3.94. The van der Waals surface area contributed by atoms with Crippen LogP contribution in [0, 0.1) is 13.8 Å². The van der Waals surface area contributed by atoms with Crippen molar-refractivity contribution in [2.24, 2.45) is 0 Å². The first-order chi connectivity index (χ1) is 15.7. The second kappa shape index (κ2) is 10.7. The van der Waals surface area contributed by atoms with Gasteiger partial charge in [0.1, 0.15) is 0 Å². The third kappa shape index (κ3) is 5.82. The van der Waals surface area contributed by atoms with Gasteiger partial charge in [-0.2, -0.15) is 0 Å². The summed E-state index contributed by atoms with van der Waals surface area (Å²) in [6.45, 7) is 6.26. The number of unbranched alkanes of at least 4 members (excludes halogenated alkanes) is 1. The Labute approximate surface area is 196 Å². The van der Waals surface area contributed by atoms with Crippen molar-refractivity contribution in [3.05, 3.63) is 94.5 Å². The zero-order valence-corrected chi connectivity index (χ0v) is 20.2. The molecular weight excluding hydrogens is 434 g/mol. The highest BCUT2D eigenvalue weighted by molar-refractivity contribution is 7.92. The number of aryl methyl sites for hydroxylation is 4. The Kier molecular flexibility index (Phi) is 7.92. The van der Waals surface area contributed by atoms with Crippen molar-refractivity contribution in [1.29, 1.82) is 0 Å². The van der Waals surface area contributed by atoms with Crippen LogP contribution >= 0.6 is 0 Å². The molecule has 0 aliphatic heterocycles. The highest BCUT2D eigenvalue weighted by Crippen LogP contribution is 2.30. The van der Waals surface area contributed by atoms with E-state index in [2.05, 4.69) is 6.92 Å². The second-order valence-corrected chi connectivity index (χ2v) is 10.2. The molecule has 0 bridgehead atoms. The zero-order valence-electron chi connectivity index (χ0n) is 19.4. The third-order valence-electron chi connectivity index (χ3n) is 5.76. The summed E-state index contributed by atoms with van der Waals surface area (Å²) in [5.41, 5.74) is 4.68. The Bertz CT molecular complexity index is 1220. The third-order valence-corrected chi connectivity index (χ3v) is 7.73. The van der Waals surface area contributed by atoms with Gasteiger partial charge in [-0.3, -0.25) is 4.31 Å². The Morgan fingerprint density at radius 3 is 2.27 bits per heavy atom. The van der Waals surface area contributed by atoms with E-state index in [1.807, 2.05) is 62.4 Å². The summed E-state index contributed by atoms with van der Waals surface area (Å²) in [5, 5.41) is 9.09. The number of hydrogen-bond donors (Lipinski definition) is 1. The number of nitrogens with zero attached hydrogens (tertiary/aromatic N) is 1. The van der Waals surface area contributed by atoms with Crippen LogP contribution in [0.4, 0.5) is 5.69 Å². The topological polar surface area (TPSA) is 74.7 Å². The molecule has 6 heteroatoms. The van der Waals surface area contributed by atoms with Crippen molar-refractivity contribution in [3.8, 4) is 0 Å². The number of carbonyl (C=O) groups is 1. The van der Waals surface area contributed by atoms with Crippen molar-refractivity contribution in [3.63, 3.8) is 0 Å². The van der Waals surface area contributed by atoms with Crippen LogP contribution in [0.1, 0.15) is 52.4 Å². The van der Waals surface area contributed by atoms with Gasteiger partial charge in [0.05, 0.1) is 16.1 Å². The number of para-hydroxylation sites is 1. The predicted octanol–water partition coefficient (Wildman–Crippen LogP) is 5.78. The van der Waals surface area contributed by atoms with Crippen LogP contribution in [0.15, 0.2) is 71.6 Å². The molecule has 0 aromatic heterocycles. The highest BCUT2D eigenvalue weighted by Gasteiger charge is 2.27. The van der Waals surface area contributed by atoms with Gasteiger partial charge in [0.15, 0.2) is 0 Å². The fourth-order valence-corrected chi connectivity index (χ4v) is 5.69. The molecule has 0 saturated carbocycles. The SMILES string of the molecule is CCCCN(c1ccccc1CCc1ccc(C(=O)O)cc1)S(=O)(=O)c1ccc(C)cc1C. The van der Waals surface area contributed by atoms with Gasteiger partial charge in [0, 0.05) is 6.54 Å². The largest absolute Gasteiger partial charge is 0.478 e. The maximum atomic E-state index is 13.8. The lowest BCUT2D eigenvalue weighted by Gasteiger charge is -2.27. The molecule has 0 aliphatic rings. The van der Waals surface area contributed by atoms with Gasteiger partial charge in [0.25, 0.3) is 10.0 Å². The Hall–Kier alpha value is -3.12. The van der Waals surface area contributed by atoms with Crippen LogP contribution in [-0.4, -0.2) is 26.0 Å². The Morgan fingerprint density at radius 1 is 0.939 bits per heavy atom. The molecule has 0 spiro atoms. The Morgan fingerprint density at radius 2 is 1.64 bits per heavy atom. The molecule has 0 aliphatic carbocycles. The molecule has 5 nitrogen and oxygen atoms in total. The average Bonchev–Trinajstić information content (AvgIpc) is 2.78. The molecule has 0 amide bonds.